The number of halogens is 1. The second-order valence-corrected chi connectivity index (χ2v) is 7.57. The minimum Gasteiger partial charge on any atom is -0.380 e. The molecule has 2 aromatic heterocycles. The zero-order valence-electron chi connectivity index (χ0n) is 15.4. The van der Waals surface area contributed by atoms with Gasteiger partial charge in [-0.2, -0.15) is 0 Å². The Morgan fingerprint density at radius 1 is 1.25 bits per heavy atom. The van der Waals surface area contributed by atoms with E-state index < -0.39 is 0 Å². The molecule has 0 aliphatic carbocycles. The number of aromatic nitrogens is 2. The fraction of sp³-hybridized carbons (Fsp3) is 0.238. The number of aromatic amines is 1. The van der Waals surface area contributed by atoms with E-state index in [1.807, 2.05) is 30.3 Å². The fourth-order valence-corrected chi connectivity index (χ4v) is 4.43. The predicted molar refractivity (Wildman–Crippen MR) is 109 cm³/mol. The number of fused-ring (bicyclic) bond motifs is 2. The van der Waals surface area contributed by atoms with Crippen molar-refractivity contribution in [1.29, 1.82) is 0 Å². The molecule has 2 aromatic carbocycles. The minimum absolute atomic E-state index is 0.197. The van der Waals surface area contributed by atoms with Crippen molar-refractivity contribution in [3.8, 4) is 0 Å². The van der Waals surface area contributed by atoms with E-state index in [1.165, 1.54) is 17.4 Å². The lowest BCUT2D eigenvalue weighted by molar-refractivity contribution is 0.0953. The van der Waals surface area contributed by atoms with Crippen LogP contribution in [-0.4, -0.2) is 29.5 Å². The number of carbonyl (C=O) groups is 1. The summed E-state index contributed by atoms with van der Waals surface area (Å²) in [5, 5.41) is 3.41. The number of nitrogens with zero attached hydrogens (tertiary/aromatic N) is 1. The first-order chi connectivity index (χ1) is 13.7. The molecule has 144 valence electrons. The van der Waals surface area contributed by atoms with Crippen LogP contribution in [0.25, 0.3) is 21.1 Å². The maximum atomic E-state index is 14.2. The molecule has 0 spiro atoms. The summed E-state index contributed by atoms with van der Waals surface area (Å²) in [4.78, 5) is 21.0. The molecule has 0 fully saturated rings. The van der Waals surface area contributed by atoms with Crippen LogP contribution in [-0.2, 0) is 17.8 Å². The number of aryl methyl sites for hydroxylation is 1. The highest BCUT2D eigenvalue weighted by Gasteiger charge is 2.20. The van der Waals surface area contributed by atoms with Crippen LogP contribution in [0.3, 0.4) is 0 Å². The maximum Gasteiger partial charge on any atom is 0.261 e. The predicted octanol–water partition coefficient (Wildman–Crippen LogP) is 4.43. The number of hydrogen-bond acceptors (Lipinski definition) is 4. The number of carbonyl (C=O) groups excluding carboxylic acids is 1. The highest BCUT2D eigenvalue weighted by atomic mass is 32.1. The first-order valence-electron chi connectivity index (χ1n) is 9.08. The van der Waals surface area contributed by atoms with Crippen LogP contribution in [0.2, 0.25) is 0 Å². The molecule has 0 atom stereocenters. The van der Waals surface area contributed by atoms with Crippen molar-refractivity contribution in [3.63, 3.8) is 0 Å². The van der Waals surface area contributed by atoms with Gasteiger partial charge in [-0.15, -0.1) is 11.3 Å². The van der Waals surface area contributed by atoms with Crippen LogP contribution in [0.4, 0.5) is 4.39 Å². The van der Waals surface area contributed by atoms with Crippen molar-refractivity contribution in [1.82, 2.24) is 15.3 Å². The molecule has 0 unspecified atom stereocenters. The number of H-pyrrole nitrogens is 1. The van der Waals surface area contributed by atoms with Gasteiger partial charge >= 0.3 is 0 Å². The second-order valence-electron chi connectivity index (χ2n) is 6.52. The molecular formula is C21H20FN3O2S. The quantitative estimate of drug-likeness (QED) is 0.454. The summed E-state index contributed by atoms with van der Waals surface area (Å²) in [6.45, 7) is 0.710. The van der Waals surface area contributed by atoms with Crippen molar-refractivity contribution < 1.29 is 13.9 Å². The van der Waals surface area contributed by atoms with E-state index in [1.54, 1.807) is 13.2 Å². The summed E-state index contributed by atoms with van der Waals surface area (Å²) in [5.41, 5.74) is 2.56. The van der Waals surface area contributed by atoms with Crippen LogP contribution >= 0.6 is 11.3 Å². The Morgan fingerprint density at radius 2 is 2.11 bits per heavy atom. The molecule has 4 rings (SSSR count). The molecule has 0 aliphatic rings. The smallest absolute Gasteiger partial charge is 0.261 e. The van der Waals surface area contributed by atoms with Gasteiger partial charge in [-0.25, -0.2) is 9.37 Å². The molecule has 28 heavy (non-hydrogen) atoms. The van der Waals surface area contributed by atoms with E-state index >= 15 is 0 Å². The van der Waals surface area contributed by atoms with E-state index in [0.717, 1.165) is 34.4 Å². The van der Waals surface area contributed by atoms with Crippen LogP contribution < -0.4 is 5.32 Å². The Balaban J connectivity index is 1.42. The van der Waals surface area contributed by atoms with Crippen LogP contribution in [0.5, 0.6) is 0 Å². The molecule has 0 bridgehead atoms. The summed E-state index contributed by atoms with van der Waals surface area (Å²) < 4.78 is 20.2. The third-order valence-corrected chi connectivity index (χ3v) is 5.77. The monoisotopic (exact) mass is 397 g/mol. The van der Waals surface area contributed by atoms with Crippen molar-refractivity contribution in [3.05, 3.63) is 64.5 Å². The lowest BCUT2D eigenvalue weighted by Gasteiger charge is -2.06. The van der Waals surface area contributed by atoms with Gasteiger partial charge in [-0.1, -0.05) is 18.2 Å². The first-order valence-corrected chi connectivity index (χ1v) is 9.89. The van der Waals surface area contributed by atoms with Gasteiger partial charge in [-0.3, -0.25) is 4.79 Å². The van der Waals surface area contributed by atoms with Crippen LogP contribution in [0.1, 0.15) is 27.5 Å². The molecule has 0 radical (unpaired) electrons. The molecule has 1 amide bonds. The van der Waals surface area contributed by atoms with Gasteiger partial charge < -0.3 is 15.0 Å². The number of nitrogens with one attached hydrogen (secondary N) is 2. The SMILES string of the molecule is COCc1c(C(=O)NCCCc2nc3ccccc3[nH]2)sc2cccc(F)c12. The lowest BCUT2D eigenvalue weighted by Crippen LogP contribution is -2.25. The molecule has 0 saturated heterocycles. The number of thiophene rings is 1. The van der Waals surface area contributed by atoms with Gasteiger partial charge in [0.1, 0.15) is 11.6 Å². The average molecular weight is 397 g/mol. The largest absolute Gasteiger partial charge is 0.380 e. The molecule has 4 aromatic rings. The van der Waals surface area contributed by atoms with Gasteiger partial charge in [0.05, 0.1) is 22.5 Å². The van der Waals surface area contributed by atoms with Gasteiger partial charge in [-0.05, 0) is 30.7 Å². The Kier molecular flexibility index (Phi) is 5.36. The number of benzene rings is 2. The highest BCUT2D eigenvalue weighted by Crippen LogP contribution is 2.33. The van der Waals surface area contributed by atoms with E-state index in [-0.39, 0.29) is 18.3 Å². The van der Waals surface area contributed by atoms with Crippen molar-refractivity contribution in [2.24, 2.45) is 0 Å². The average Bonchev–Trinajstić information content (AvgIpc) is 3.27. The molecular weight excluding hydrogens is 377 g/mol. The standard InChI is InChI=1S/C21H20FN3O2S/c1-27-12-13-19-14(22)6-4-9-17(19)28-20(13)21(26)23-11-5-10-18-24-15-7-2-3-8-16(15)25-18/h2-4,6-9H,5,10-12H2,1H3,(H,23,26)(H,24,25). The molecule has 0 aliphatic heterocycles. The minimum atomic E-state index is -0.329. The normalized spacial score (nSPS) is 11.4. The summed E-state index contributed by atoms with van der Waals surface area (Å²) in [6, 6.07) is 12.8. The molecule has 2 N–H and O–H groups in total. The third kappa shape index (κ3) is 3.63. The summed E-state index contributed by atoms with van der Waals surface area (Å²) >= 11 is 1.29. The number of amides is 1. The Bertz CT molecular complexity index is 1100. The summed E-state index contributed by atoms with van der Waals surface area (Å²) in [5.74, 6) is 0.376. The molecule has 7 heteroatoms. The number of methoxy groups -OCH3 is 1. The first kappa shape index (κ1) is 18.6. The fourth-order valence-electron chi connectivity index (χ4n) is 3.29. The maximum absolute atomic E-state index is 14.2. The lowest BCUT2D eigenvalue weighted by atomic mass is 10.1. The van der Waals surface area contributed by atoms with E-state index in [4.69, 9.17) is 4.74 Å². The Morgan fingerprint density at radius 3 is 2.93 bits per heavy atom. The Hall–Kier alpha value is -2.77. The van der Waals surface area contributed by atoms with Gasteiger partial charge in [0, 0.05) is 35.7 Å². The number of imidazole rings is 1. The summed E-state index contributed by atoms with van der Waals surface area (Å²) in [6.07, 6.45) is 1.49. The highest BCUT2D eigenvalue weighted by molar-refractivity contribution is 7.21. The van der Waals surface area contributed by atoms with Crippen molar-refractivity contribution >= 4 is 38.4 Å². The van der Waals surface area contributed by atoms with Gasteiger partial charge in [0.15, 0.2) is 0 Å². The number of para-hydroxylation sites is 2. The number of rotatable bonds is 7. The summed E-state index contributed by atoms with van der Waals surface area (Å²) in [7, 11) is 1.54. The van der Waals surface area contributed by atoms with E-state index in [9.17, 15) is 9.18 Å². The zero-order chi connectivity index (χ0) is 19.5. The Labute approximate surface area is 165 Å². The zero-order valence-corrected chi connectivity index (χ0v) is 16.2. The van der Waals surface area contributed by atoms with Crippen molar-refractivity contribution in [2.75, 3.05) is 13.7 Å². The van der Waals surface area contributed by atoms with Crippen LogP contribution in [0, 0.1) is 5.82 Å². The topological polar surface area (TPSA) is 67.0 Å². The number of ether oxygens (including phenoxy) is 1. The molecule has 2 heterocycles. The van der Waals surface area contributed by atoms with Crippen molar-refractivity contribution in [2.45, 2.75) is 19.4 Å². The van der Waals surface area contributed by atoms with E-state index in [2.05, 4.69) is 15.3 Å². The third-order valence-electron chi connectivity index (χ3n) is 4.57. The van der Waals surface area contributed by atoms with Gasteiger partial charge in [0.25, 0.3) is 5.91 Å². The van der Waals surface area contributed by atoms with Crippen LogP contribution in [0.15, 0.2) is 42.5 Å². The van der Waals surface area contributed by atoms with E-state index in [0.29, 0.717) is 22.4 Å². The molecule has 5 nitrogen and oxygen atoms in total. The second kappa shape index (κ2) is 8.08. The molecule has 0 saturated carbocycles. The number of hydrogen-bond donors (Lipinski definition) is 2. The van der Waals surface area contributed by atoms with Gasteiger partial charge in [0.2, 0.25) is 0 Å².